The highest BCUT2D eigenvalue weighted by Crippen LogP contribution is 2.42. The Morgan fingerprint density at radius 1 is 1.17 bits per heavy atom. The van der Waals surface area contributed by atoms with Crippen LogP contribution in [0, 0.1) is 6.92 Å². The molecular weight excluding hydrogens is 607 g/mol. The molecule has 10 nitrogen and oxygen atoms in total. The molecule has 2 aromatic heterocycles. The highest BCUT2D eigenvalue weighted by Gasteiger charge is 2.38. The number of benzene rings is 1. The van der Waals surface area contributed by atoms with E-state index < -0.39 is 12.3 Å². The van der Waals surface area contributed by atoms with Crippen molar-refractivity contribution in [3.05, 3.63) is 45.9 Å². The van der Waals surface area contributed by atoms with Crippen molar-refractivity contribution in [2.75, 3.05) is 51.8 Å². The van der Waals surface area contributed by atoms with Gasteiger partial charge >= 0.3 is 0 Å². The molecule has 0 saturated carbocycles. The number of pyridine rings is 1. The zero-order valence-corrected chi connectivity index (χ0v) is 25.2. The minimum Gasteiger partial charge on any atom is -0.485 e. The fourth-order valence-corrected chi connectivity index (χ4v) is 6.94. The van der Waals surface area contributed by atoms with Crippen molar-refractivity contribution in [3.8, 4) is 16.9 Å². The van der Waals surface area contributed by atoms with Gasteiger partial charge in [0, 0.05) is 33.8 Å². The predicted octanol–water partition coefficient (Wildman–Crippen LogP) is 4.04. The van der Waals surface area contributed by atoms with Gasteiger partial charge in [-0.3, -0.25) is 24.3 Å². The Labute approximate surface area is 255 Å². The molecule has 3 amide bonds. The van der Waals surface area contributed by atoms with Gasteiger partial charge in [-0.15, -0.1) is 11.3 Å². The summed E-state index contributed by atoms with van der Waals surface area (Å²) in [4.78, 5) is 44.8. The third-order valence-electron chi connectivity index (χ3n) is 6.83. The molecule has 0 radical (unpaired) electrons. The van der Waals surface area contributed by atoms with E-state index >= 15 is 4.39 Å². The second-order valence-electron chi connectivity index (χ2n) is 9.84. The van der Waals surface area contributed by atoms with Crippen molar-refractivity contribution in [3.63, 3.8) is 0 Å². The van der Waals surface area contributed by atoms with E-state index in [-0.39, 0.29) is 55.7 Å². The van der Waals surface area contributed by atoms with Gasteiger partial charge in [0.2, 0.25) is 11.8 Å². The van der Waals surface area contributed by atoms with Crippen LogP contribution in [0.25, 0.3) is 21.3 Å². The van der Waals surface area contributed by atoms with E-state index in [4.69, 9.17) is 31.5 Å². The standard InChI is InChI=1S/C28H30ClFN4O6S2/c1-16-8-17(29)9-20(19-2-4-32-22-10-18(42-27(19)22)11-34-25(36)15-41-28(34)37)26(16)40-23-13-33(12-21(23)30)24(35)14-39-7-6-38-5-3-31/h2,4,8-10,21,23H,3,5-7,11-15,31H2,1H3/t21-,23+/m0/s1. The second kappa shape index (κ2) is 13.7. The summed E-state index contributed by atoms with van der Waals surface area (Å²) in [6.07, 6.45) is -0.629. The predicted molar refractivity (Wildman–Crippen MR) is 160 cm³/mol. The number of amides is 3. The Morgan fingerprint density at radius 3 is 2.74 bits per heavy atom. The highest BCUT2D eigenvalue weighted by atomic mass is 35.5. The van der Waals surface area contributed by atoms with E-state index in [9.17, 15) is 14.4 Å². The largest absolute Gasteiger partial charge is 0.485 e. The number of nitrogens with zero attached hydrogens (tertiary/aromatic N) is 3. The van der Waals surface area contributed by atoms with Crippen LogP contribution in [-0.4, -0.2) is 95.9 Å². The molecule has 224 valence electrons. The lowest BCUT2D eigenvalue weighted by Crippen LogP contribution is -2.34. The number of rotatable bonds is 12. The van der Waals surface area contributed by atoms with Crippen molar-refractivity contribution in [1.82, 2.24) is 14.8 Å². The fourth-order valence-electron chi connectivity index (χ4n) is 4.81. The van der Waals surface area contributed by atoms with Crippen molar-refractivity contribution in [2.24, 2.45) is 5.73 Å². The molecule has 2 N–H and O–H groups in total. The number of thioether (sulfide) groups is 1. The van der Waals surface area contributed by atoms with Gasteiger partial charge in [-0.25, -0.2) is 4.39 Å². The van der Waals surface area contributed by atoms with Crippen LogP contribution in [0.3, 0.4) is 0 Å². The number of alkyl halides is 1. The zero-order chi connectivity index (χ0) is 29.8. The number of thiophene rings is 1. The minimum atomic E-state index is -1.40. The van der Waals surface area contributed by atoms with Crippen LogP contribution < -0.4 is 10.5 Å². The van der Waals surface area contributed by atoms with E-state index in [0.717, 1.165) is 26.9 Å². The molecule has 4 heterocycles. The Bertz CT molecular complexity index is 1470. The van der Waals surface area contributed by atoms with Gasteiger partial charge < -0.3 is 24.8 Å². The first-order chi connectivity index (χ1) is 20.2. The van der Waals surface area contributed by atoms with Gasteiger partial charge in [-0.2, -0.15) is 0 Å². The van der Waals surface area contributed by atoms with Crippen molar-refractivity contribution >= 4 is 62.0 Å². The maximum atomic E-state index is 15.2. The monoisotopic (exact) mass is 636 g/mol. The van der Waals surface area contributed by atoms with Crippen LogP contribution >= 0.6 is 34.7 Å². The molecule has 14 heteroatoms. The topological polar surface area (TPSA) is 124 Å². The zero-order valence-electron chi connectivity index (χ0n) is 22.8. The molecule has 0 bridgehead atoms. The van der Waals surface area contributed by atoms with Gasteiger partial charge in [0.15, 0.2) is 6.17 Å². The first-order valence-corrected chi connectivity index (χ1v) is 15.5. The molecule has 0 unspecified atom stereocenters. The SMILES string of the molecule is Cc1cc(Cl)cc(-c2ccnc3cc(CN4C(=O)CSC4=O)sc23)c1O[C@@H]1CN(C(=O)COCCOCCN)C[C@@H]1F. The molecule has 3 aromatic rings. The number of hydrogen-bond acceptors (Lipinski definition) is 10. The van der Waals surface area contributed by atoms with Crippen molar-refractivity contribution in [2.45, 2.75) is 25.7 Å². The molecule has 2 aliphatic heterocycles. The van der Waals surface area contributed by atoms with E-state index in [1.807, 2.05) is 19.1 Å². The Balaban J connectivity index is 1.34. The summed E-state index contributed by atoms with van der Waals surface area (Å²) in [5.41, 5.74) is 8.20. The number of ether oxygens (including phenoxy) is 3. The average Bonchev–Trinajstić information content (AvgIpc) is 3.64. The minimum absolute atomic E-state index is 0.0688. The molecule has 5 rings (SSSR count). The summed E-state index contributed by atoms with van der Waals surface area (Å²) in [6.45, 7) is 3.17. The number of imide groups is 1. The van der Waals surface area contributed by atoms with Gasteiger partial charge in [0.25, 0.3) is 5.24 Å². The van der Waals surface area contributed by atoms with Crippen LogP contribution in [0.4, 0.5) is 9.18 Å². The number of hydrogen-bond donors (Lipinski definition) is 1. The van der Waals surface area contributed by atoms with E-state index in [0.29, 0.717) is 47.2 Å². The van der Waals surface area contributed by atoms with Crippen LogP contribution in [0.1, 0.15) is 10.4 Å². The molecule has 0 spiro atoms. The first-order valence-electron chi connectivity index (χ1n) is 13.3. The lowest BCUT2D eigenvalue weighted by Gasteiger charge is -2.21. The number of aryl methyl sites for hydroxylation is 1. The maximum Gasteiger partial charge on any atom is 0.289 e. The molecule has 2 fully saturated rings. The number of halogens is 2. The summed E-state index contributed by atoms with van der Waals surface area (Å²) < 4.78 is 32.9. The van der Waals surface area contributed by atoms with Crippen LogP contribution in [0.5, 0.6) is 5.75 Å². The summed E-state index contributed by atoms with van der Waals surface area (Å²) in [6, 6.07) is 7.19. The maximum absolute atomic E-state index is 15.2. The van der Waals surface area contributed by atoms with E-state index in [2.05, 4.69) is 4.98 Å². The normalized spacial score (nSPS) is 19.0. The lowest BCUT2D eigenvalue weighted by molar-refractivity contribution is -0.136. The second-order valence-corrected chi connectivity index (χ2v) is 12.3. The fraction of sp³-hybridized carbons (Fsp3) is 0.429. The number of likely N-dealkylation sites (tertiary alicyclic amines) is 1. The number of fused-ring (bicyclic) bond motifs is 1. The van der Waals surface area contributed by atoms with Crippen LogP contribution in [-0.2, 0) is 25.6 Å². The van der Waals surface area contributed by atoms with E-state index in [1.54, 1.807) is 18.3 Å². The molecule has 42 heavy (non-hydrogen) atoms. The average molecular weight is 637 g/mol. The van der Waals surface area contributed by atoms with Gasteiger partial charge in [-0.1, -0.05) is 23.4 Å². The summed E-state index contributed by atoms with van der Waals surface area (Å²) in [7, 11) is 0. The smallest absolute Gasteiger partial charge is 0.289 e. The van der Waals surface area contributed by atoms with Crippen molar-refractivity contribution < 1.29 is 33.0 Å². The Hall–Kier alpha value is -2.81. The quantitative estimate of drug-likeness (QED) is 0.293. The first kappa shape index (κ1) is 30.6. The Morgan fingerprint density at radius 2 is 1.98 bits per heavy atom. The van der Waals surface area contributed by atoms with Gasteiger partial charge in [0.05, 0.1) is 55.4 Å². The van der Waals surface area contributed by atoms with Crippen LogP contribution in [0.2, 0.25) is 5.02 Å². The van der Waals surface area contributed by atoms with Gasteiger partial charge in [-0.05, 0) is 36.8 Å². The summed E-state index contributed by atoms with van der Waals surface area (Å²) in [5, 5.41) is 0.217. The molecule has 0 aliphatic carbocycles. The van der Waals surface area contributed by atoms with E-state index in [1.165, 1.54) is 21.1 Å². The highest BCUT2D eigenvalue weighted by molar-refractivity contribution is 8.14. The molecule has 2 saturated heterocycles. The molecule has 2 aliphatic rings. The van der Waals surface area contributed by atoms with Crippen LogP contribution in [0.15, 0.2) is 30.5 Å². The Kier molecular flexibility index (Phi) is 9.96. The molecule has 2 atom stereocenters. The third kappa shape index (κ3) is 6.87. The summed E-state index contributed by atoms with van der Waals surface area (Å²) in [5.74, 6) is 0.0567. The number of carbonyl (C=O) groups excluding carboxylic acids is 3. The third-order valence-corrected chi connectivity index (χ3v) is 9.05. The summed E-state index contributed by atoms with van der Waals surface area (Å²) >= 11 is 8.88. The molecule has 1 aromatic carbocycles. The lowest BCUT2D eigenvalue weighted by atomic mass is 10.0. The van der Waals surface area contributed by atoms with Crippen molar-refractivity contribution in [1.29, 1.82) is 0 Å². The van der Waals surface area contributed by atoms with Gasteiger partial charge in [0.1, 0.15) is 18.5 Å². The number of carbonyl (C=O) groups is 3. The number of aromatic nitrogens is 1. The molecular formula is C28H30ClFN4O6S2. The number of nitrogens with two attached hydrogens (primary N) is 1.